The maximum atomic E-state index is 12.9. The lowest BCUT2D eigenvalue weighted by atomic mass is 10.3. The Balaban J connectivity index is 1.93. The average molecular weight is 385 g/mol. The van der Waals surface area contributed by atoms with E-state index in [1.807, 2.05) is 0 Å². The van der Waals surface area contributed by atoms with Crippen molar-refractivity contribution in [2.24, 2.45) is 0 Å². The Kier molecular flexibility index (Phi) is 4.45. The van der Waals surface area contributed by atoms with Crippen LogP contribution in [0.3, 0.4) is 0 Å². The molecule has 0 atom stereocenters. The molecule has 1 N–H and O–H groups in total. The zero-order chi connectivity index (χ0) is 18.9. The first-order valence-electron chi connectivity index (χ1n) is 7.16. The highest BCUT2D eigenvalue weighted by Gasteiger charge is 2.31. The van der Waals surface area contributed by atoms with Crippen molar-refractivity contribution in [1.82, 2.24) is 9.55 Å². The molecule has 0 aliphatic heterocycles. The number of benzene rings is 1. The van der Waals surface area contributed by atoms with E-state index in [0.717, 1.165) is 28.8 Å². The molecule has 2 heterocycles. The molecule has 3 aromatic rings. The quantitative estimate of drug-likeness (QED) is 0.695. The van der Waals surface area contributed by atoms with E-state index in [-0.39, 0.29) is 16.5 Å². The van der Waals surface area contributed by atoms with Gasteiger partial charge in [-0.25, -0.2) is 9.37 Å². The van der Waals surface area contributed by atoms with E-state index in [4.69, 9.17) is 0 Å². The van der Waals surface area contributed by atoms with Crippen molar-refractivity contribution < 1.29 is 26.0 Å². The molecule has 136 valence electrons. The molecule has 10 heteroatoms. The molecular formula is C16H11F4N3O2S. The number of halogens is 4. The van der Waals surface area contributed by atoms with E-state index in [1.54, 1.807) is 0 Å². The van der Waals surface area contributed by atoms with Gasteiger partial charge in [0.1, 0.15) is 11.6 Å². The zero-order valence-corrected chi connectivity index (χ0v) is 13.7. The second-order valence-corrected chi connectivity index (χ2v) is 6.86. The summed E-state index contributed by atoms with van der Waals surface area (Å²) in [6.07, 6.45) is -2.56. The fraction of sp³-hybridized carbons (Fsp3) is 0.0625. The number of hydrogen-bond donors (Lipinski definition) is 1. The van der Waals surface area contributed by atoms with E-state index in [0.29, 0.717) is 6.20 Å². The molecule has 0 fully saturated rings. The molecule has 0 aliphatic carbocycles. The first kappa shape index (κ1) is 17.9. The summed E-state index contributed by atoms with van der Waals surface area (Å²) in [5.41, 5.74) is -0.804. The summed E-state index contributed by atoms with van der Waals surface area (Å²) < 4.78 is 79.3. The lowest BCUT2D eigenvalue weighted by Crippen LogP contribution is -2.17. The number of rotatable bonds is 4. The predicted octanol–water partition coefficient (Wildman–Crippen LogP) is 3.83. The first-order valence-corrected chi connectivity index (χ1v) is 8.64. The highest BCUT2D eigenvalue weighted by Crippen LogP contribution is 2.29. The lowest BCUT2D eigenvalue weighted by Gasteiger charge is -2.12. The summed E-state index contributed by atoms with van der Waals surface area (Å²) in [6.45, 7) is 0. The van der Waals surface area contributed by atoms with Crippen LogP contribution in [0.2, 0.25) is 0 Å². The maximum absolute atomic E-state index is 12.9. The maximum Gasteiger partial charge on any atom is 0.417 e. The van der Waals surface area contributed by atoms with Gasteiger partial charge in [-0.2, -0.15) is 21.6 Å². The van der Waals surface area contributed by atoms with Crippen LogP contribution in [0, 0.1) is 5.82 Å². The molecule has 0 amide bonds. The minimum Gasteiger partial charge on any atom is -0.290 e. The van der Waals surface area contributed by atoms with E-state index in [9.17, 15) is 26.0 Å². The minimum atomic E-state index is -4.54. The van der Waals surface area contributed by atoms with Crippen LogP contribution >= 0.6 is 0 Å². The topological polar surface area (TPSA) is 64.0 Å². The van der Waals surface area contributed by atoms with Crippen molar-refractivity contribution >= 4 is 15.7 Å². The van der Waals surface area contributed by atoms with Crippen LogP contribution in [-0.2, 0) is 16.2 Å². The number of aromatic nitrogens is 2. The fourth-order valence-corrected chi connectivity index (χ4v) is 3.42. The van der Waals surface area contributed by atoms with Crippen LogP contribution in [0.25, 0.3) is 5.82 Å². The SMILES string of the molecule is O=S(=O)(Nc1ccc(F)cc1)c1cccn1-c1ccc(C(F)(F)F)cn1. The summed E-state index contributed by atoms with van der Waals surface area (Å²) in [5.74, 6) is -0.521. The smallest absolute Gasteiger partial charge is 0.290 e. The van der Waals surface area contributed by atoms with Crippen LogP contribution in [-0.4, -0.2) is 18.0 Å². The Hall–Kier alpha value is -2.88. The molecule has 0 saturated heterocycles. The standard InChI is InChI=1S/C16H11F4N3O2S/c17-12-4-6-13(7-5-12)22-26(24,25)15-2-1-9-23(15)14-8-3-11(10-21-14)16(18,19)20/h1-10,22H. The van der Waals surface area contributed by atoms with Crippen molar-refractivity contribution in [3.8, 4) is 5.82 Å². The Labute approximate surface area is 146 Å². The van der Waals surface area contributed by atoms with Crippen molar-refractivity contribution in [2.45, 2.75) is 11.2 Å². The summed E-state index contributed by atoms with van der Waals surface area (Å²) in [6, 6.07) is 9.24. The Morgan fingerprint density at radius 2 is 1.69 bits per heavy atom. The number of alkyl halides is 3. The van der Waals surface area contributed by atoms with Crippen LogP contribution in [0.1, 0.15) is 5.56 Å². The third kappa shape index (κ3) is 3.69. The first-order chi connectivity index (χ1) is 12.2. The van der Waals surface area contributed by atoms with E-state index in [2.05, 4.69) is 9.71 Å². The van der Waals surface area contributed by atoms with Gasteiger partial charge in [0.15, 0.2) is 5.03 Å². The van der Waals surface area contributed by atoms with Crippen LogP contribution < -0.4 is 4.72 Å². The highest BCUT2D eigenvalue weighted by atomic mass is 32.2. The molecule has 0 spiro atoms. The second kappa shape index (κ2) is 6.45. The third-order valence-corrected chi connectivity index (χ3v) is 4.79. The van der Waals surface area contributed by atoms with Gasteiger partial charge in [-0.3, -0.25) is 9.29 Å². The van der Waals surface area contributed by atoms with E-state index in [1.165, 1.54) is 30.5 Å². The predicted molar refractivity (Wildman–Crippen MR) is 85.8 cm³/mol. The zero-order valence-electron chi connectivity index (χ0n) is 12.9. The van der Waals surface area contributed by atoms with Gasteiger partial charge in [0.25, 0.3) is 10.0 Å². The van der Waals surface area contributed by atoms with Crippen molar-refractivity contribution in [3.05, 3.63) is 72.3 Å². The molecule has 2 aromatic heterocycles. The number of nitrogens with zero attached hydrogens (tertiary/aromatic N) is 2. The Bertz CT molecular complexity index is 1010. The number of sulfonamides is 1. The van der Waals surface area contributed by atoms with Gasteiger partial charge in [0.05, 0.1) is 5.56 Å². The summed E-state index contributed by atoms with van der Waals surface area (Å²) in [7, 11) is -4.07. The normalized spacial score (nSPS) is 12.2. The van der Waals surface area contributed by atoms with Crippen LogP contribution in [0.15, 0.2) is 66.0 Å². The van der Waals surface area contributed by atoms with Gasteiger partial charge >= 0.3 is 6.18 Å². The van der Waals surface area contributed by atoms with E-state index >= 15 is 0 Å². The van der Waals surface area contributed by atoms with Gasteiger partial charge in [-0.1, -0.05) is 0 Å². The van der Waals surface area contributed by atoms with Crippen LogP contribution in [0.4, 0.5) is 23.2 Å². The summed E-state index contributed by atoms with van der Waals surface area (Å²) >= 11 is 0. The van der Waals surface area contributed by atoms with Crippen molar-refractivity contribution in [1.29, 1.82) is 0 Å². The Morgan fingerprint density at radius 3 is 2.27 bits per heavy atom. The lowest BCUT2D eigenvalue weighted by molar-refractivity contribution is -0.137. The molecule has 0 unspecified atom stereocenters. The number of hydrogen-bond acceptors (Lipinski definition) is 3. The largest absolute Gasteiger partial charge is 0.417 e. The molecule has 0 saturated carbocycles. The molecule has 0 radical (unpaired) electrons. The monoisotopic (exact) mass is 385 g/mol. The minimum absolute atomic E-state index is 0.00230. The van der Waals surface area contributed by atoms with Crippen molar-refractivity contribution in [2.75, 3.05) is 4.72 Å². The summed E-state index contributed by atoms with van der Waals surface area (Å²) in [5, 5.41) is -0.228. The molecule has 5 nitrogen and oxygen atoms in total. The van der Waals surface area contributed by atoms with Gasteiger partial charge < -0.3 is 0 Å². The van der Waals surface area contributed by atoms with Crippen LogP contribution in [0.5, 0.6) is 0 Å². The molecule has 26 heavy (non-hydrogen) atoms. The van der Waals surface area contributed by atoms with Gasteiger partial charge in [0, 0.05) is 18.1 Å². The Morgan fingerprint density at radius 1 is 1.00 bits per heavy atom. The third-order valence-electron chi connectivity index (χ3n) is 3.41. The second-order valence-electron chi connectivity index (χ2n) is 5.23. The molecular weight excluding hydrogens is 374 g/mol. The number of anilines is 1. The summed E-state index contributed by atoms with van der Waals surface area (Å²) in [4.78, 5) is 3.68. The molecule has 0 bridgehead atoms. The van der Waals surface area contributed by atoms with Gasteiger partial charge in [-0.05, 0) is 48.5 Å². The molecule has 1 aromatic carbocycles. The number of pyridine rings is 1. The van der Waals surface area contributed by atoms with Gasteiger partial charge in [0.2, 0.25) is 0 Å². The van der Waals surface area contributed by atoms with Crippen molar-refractivity contribution in [3.63, 3.8) is 0 Å². The molecule has 3 rings (SSSR count). The average Bonchev–Trinajstić information content (AvgIpc) is 3.07. The van der Waals surface area contributed by atoms with E-state index < -0.39 is 27.6 Å². The molecule has 0 aliphatic rings. The highest BCUT2D eigenvalue weighted by molar-refractivity contribution is 7.92. The van der Waals surface area contributed by atoms with Gasteiger partial charge in [-0.15, -0.1) is 0 Å². The fourth-order valence-electron chi connectivity index (χ4n) is 2.20. The number of nitrogens with one attached hydrogen (secondary N) is 1.